The van der Waals surface area contributed by atoms with E-state index >= 15 is 0 Å². The first kappa shape index (κ1) is 17.5. The van der Waals surface area contributed by atoms with Gasteiger partial charge in [-0.2, -0.15) is 0 Å². The van der Waals surface area contributed by atoms with Gasteiger partial charge in [-0.15, -0.1) is 0 Å². The van der Waals surface area contributed by atoms with Gasteiger partial charge >= 0.3 is 0 Å². The first-order valence-corrected chi connectivity index (χ1v) is 9.70. The van der Waals surface area contributed by atoms with Crippen molar-refractivity contribution in [3.8, 4) is 5.75 Å². The van der Waals surface area contributed by atoms with Gasteiger partial charge in [0.25, 0.3) is 0 Å². The molecule has 0 saturated heterocycles. The molecule has 0 aromatic heterocycles. The normalized spacial score (nSPS) is 15.4. The number of nitrogens with one attached hydrogen (secondary N) is 1. The van der Waals surface area contributed by atoms with Gasteiger partial charge in [-0.25, -0.2) is 0 Å². The van der Waals surface area contributed by atoms with E-state index in [2.05, 4.69) is 70.6 Å². The summed E-state index contributed by atoms with van der Waals surface area (Å²) in [6.45, 7) is 3.59. The van der Waals surface area contributed by atoms with Crippen LogP contribution in [0.5, 0.6) is 5.75 Å². The summed E-state index contributed by atoms with van der Waals surface area (Å²) in [5, 5.41) is 3.71. The molecule has 2 aromatic carbocycles. The van der Waals surface area contributed by atoms with Crippen LogP contribution < -0.4 is 10.1 Å². The van der Waals surface area contributed by atoms with Crippen molar-refractivity contribution in [1.29, 1.82) is 0 Å². The summed E-state index contributed by atoms with van der Waals surface area (Å²) >= 11 is 3.58. The standard InChI is InChI=1S/C21H26BrNO/c1-16-6-5-7-17(12-16)15-24-21-11-10-19(22)13-18(21)14-23-20-8-3-2-4-9-20/h5-7,10-13,20,23H,2-4,8-9,14-15H2,1H3. The summed E-state index contributed by atoms with van der Waals surface area (Å²) in [7, 11) is 0. The van der Waals surface area contributed by atoms with E-state index < -0.39 is 0 Å². The smallest absolute Gasteiger partial charge is 0.124 e. The lowest BCUT2D eigenvalue weighted by Gasteiger charge is -2.23. The second-order valence-electron chi connectivity index (χ2n) is 6.75. The van der Waals surface area contributed by atoms with Gasteiger partial charge in [0.2, 0.25) is 0 Å². The highest BCUT2D eigenvalue weighted by molar-refractivity contribution is 9.10. The van der Waals surface area contributed by atoms with Gasteiger partial charge in [0.05, 0.1) is 0 Å². The Morgan fingerprint density at radius 2 is 1.92 bits per heavy atom. The van der Waals surface area contributed by atoms with Gasteiger partial charge in [0, 0.05) is 22.6 Å². The molecule has 128 valence electrons. The lowest BCUT2D eigenvalue weighted by molar-refractivity contribution is 0.299. The minimum absolute atomic E-state index is 0.611. The van der Waals surface area contributed by atoms with Crippen molar-refractivity contribution in [3.63, 3.8) is 0 Å². The van der Waals surface area contributed by atoms with Crippen LogP contribution in [0.3, 0.4) is 0 Å². The van der Waals surface area contributed by atoms with Crippen LogP contribution in [-0.4, -0.2) is 6.04 Å². The second-order valence-corrected chi connectivity index (χ2v) is 7.66. The maximum absolute atomic E-state index is 6.11. The Labute approximate surface area is 153 Å². The Kier molecular flexibility index (Phi) is 6.33. The predicted octanol–water partition coefficient (Wildman–Crippen LogP) is 5.76. The van der Waals surface area contributed by atoms with E-state index in [4.69, 9.17) is 4.74 Å². The second kappa shape index (κ2) is 8.68. The zero-order valence-corrected chi connectivity index (χ0v) is 15.9. The van der Waals surface area contributed by atoms with Crippen LogP contribution in [-0.2, 0) is 13.2 Å². The van der Waals surface area contributed by atoms with E-state index in [1.807, 2.05) is 0 Å². The third kappa shape index (κ3) is 5.09. The van der Waals surface area contributed by atoms with Crippen molar-refractivity contribution < 1.29 is 4.74 Å². The zero-order chi connectivity index (χ0) is 16.8. The minimum atomic E-state index is 0.611. The fraction of sp³-hybridized carbons (Fsp3) is 0.429. The number of halogens is 1. The predicted molar refractivity (Wildman–Crippen MR) is 103 cm³/mol. The molecule has 0 heterocycles. The van der Waals surface area contributed by atoms with Crippen molar-refractivity contribution in [1.82, 2.24) is 5.32 Å². The van der Waals surface area contributed by atoms with Crippen LogP contribution >= 0.6 is 15.9 Å². The average molecular weight is 388 g/mol. The molecule has 1 aliphatic carbocycles. The maximum atomic E-state index is 6.11. The van der Waals surface area contributed by atoms with E-state index in [0.717, 1.165) is 16.8 Å². The van der Waals surface area contributed by atoms with Crippen LogP contribution in [0.25, 0.3) is 0 Å². The van der Waals surface area contributed by atoms with E-state index in [1.165, 1.54) is 48.8 Å². The summed E-state index contributed by atoms with van der Waals surface area (Å²) in [5.74, 6) is 0.975. The zero-order valence-electron chi connectivity index (χ0n) is 14.4. The topological polar surface area (TPSA) is 21.3 Å². The Hall–Kier alpha value is -1.32. The highest BCUT2D eigenvalue weighted by Gasteiger charge is 2.14. The van der Waals surface area contributed by atoms with Gasteiger partial charge < -0.3 is 10.1 Å². The average Bonchev–Trinajstić information content (AvgIpc) is 2.60. The molecule has 1 fully saturated rings. The summed E-state index contributed by atoms with van der Waals surface area (Å²) in [4.78, 5) is 0. The van der Waals surface area contributed by atoms with Crippen LogP contribution in [0.2, 0.25) is 0 Å². The Bertz CT molecular complexity index is 665. The SMILES string of the molecule is Cc1cccc(COc2ccc(Br)cc2CNC2CCCCC2)c1. The van der Waals surface area contributed by atoms with Crippen molar-refractivity contribution in [3.05, 3.63) is 63.6 Å². The molecule has 0 radical (unpaired) electrons. The maximum Gasteiger partial charge on any atom is 0.124 e. The van der Waals surface area contributed by atoms with Crippen LogP contribution in [0, 0.1) is 6.92 Å². The Morgan fingerprint density at radius 1 is 1.08 bits per heavy atom. The molecule has 0 amide bonds. The quantitative estimate of drug-likeness (QED) is 0.680. The number of hydrogen-bond acceptors (Lipinski definition) is 2. The molecule has 0 aliphatic heterocycles. The van der Waals surface area contributed by atoms with Crippen molar-refractivity contribution in [2.24, 2.45) is 0 Å². The number of ether oxygens (including phenoxy) is 1. The fourth-order valence-electron chi connectivity index (χ4n) is 3.35. The molecule has 1 saturated carbocycles. The molecule has 3 heteroatoms. The summed E-state index contributed by atoms with van der Waals surface area (Å²) in [6, 6.07) is 15.4. The number of benzene rings is 2. The summed E-state index contributed by atoms with van der Waals surface area (Å²) in [5.41, 5.74) is 3.71. The summed E-state index contributed by atoms with van der Waals surface area (Å²) < 4.78 is 7.21. The third-order valence-electron chi connectivity index (χ3n) is 4.69. The molecular weight excluding hydrogens is 362 g/mol. The lowest BCUT2D eigenvalue weighted by atomic mass is 9.95. The first-order valence-electron chi connectivity index (χ1n) is 8.91. The van der Waals surface area contributed by atoms with Gasteiger partial charge in [0.15, 0.2) is 0 Å². The molecule has 0 bridgehead atoms. The van der Waals surface area contributed by atoms with Crippen molar-refractivity contribution in [2.75, 3.05) is 0 Å². The van der Waals surface area contributed by atoms with Gasteiger partial charge in [-0.3, -0.25) is 0 Å². The van der Waals surface area contributed by atoms with E-state index in [9.17, 15) is 0 Å². The molecule has 2 aromatic rings. The van der Waals surface area contributed by atoms with Gasteiger partial charge in [-0.1, -0.05) is 65.0 Å². The van der Waals surface area contributed by atoms with E-state index in [-0.39, 0.29) is 0 Å². The highest BCUT2D eigenvalue weighted by atomic mass is 79.9. The Morgan fingerprint density at radius 3 is 2.71 bits per heavy atom. The molecule has 24 heavy (non-hydrogen) atoms. The van der Waals surface area contributed by atoms with Crippen LogP contribution in [0.15, 0.2) is 46.9 Å². The monoisotopic (exact) mass is 387 g/mol. The minimum Gasteiger partial charge on any atom is -0.489 e. The fourth-order valence-corrected chi connectivity index (χ4v) is 3.76. The Balaban J connectivity index is 1.63. The molecule has 1 N–H and O–H groups in total. The highest BCUT2D eigenvalue weighted by Crippen LogP contribution is 2.25. The lowest BCUT2D eigenvalue weighted by Crippen LogP contribution is -2.30. The van der Waals surface area contributed by atoms with Gasteiger partial charge in [-0.05, 0) is 43.5 Å². The molecule has 0 unspecified atom stereocenters. The van der Waals surface area contributed by atoms with E-state index in [0.29, 0.717) is 12.6 Å². The van der Waals surface area contributed by atoms with E-state index in [1.54, 1.807) is 0 Å². The largest absolute Gasteiger partial charge is 0.489 e. The molecule has 3 rings (SSSR count). The number of aryl methyl sites for hydroxylation is 1. The van der Waals surface area contributed by atoms with Crippen LogP contribution in [0.1, 0.15) is 48.8 Å². The first-order chi connectivity index (χ1) is 11.7. The third-order valence-corrected chi connectivity index (χ3v) is 5.18. The number of hydrogen-bond donors (Lipinski definition) is 1. The van der Waals surface area contributed by atoms with Crippen LogP contribution in [0.4, 0.5) is 0 Å². The molecule has 0 spiro atoms. The molecule has 2 nitrogen and oxygen atoms in total. The summed E-state index contributed by atoms with van der Waals surface area (Å²) in [6.07, 6.45) is 6.70. The van der Waals surface area contributed by atoms with Crippen molar-refractivity contribution in [2.45, 2.75) is 58.2 Å². The number of rotatable bonds is 6. The molecule has 0 atom stereocenters. The van der Waals surface area contributed by atoms with Gasteiger partial charge in [0.1, 0.15) is 12.4 Å². The molecular formula is C21H26BrNO. The van der Waals surface area contributed by atoms with Crippen molar-refractivity contribution >= 4 is 15.9 Å². The molecule has 1 aliphatic rings.